The predicted molar refractivity (Wildman–Crippen MR) is 59.6 cm³/mol. The third kappa shape index (κ3) is 2.68. The van der Waals surface area contributed by atoms with Gasteiger partial charge in [-0.1, -0.05) is 30.3 Å². The van der Waals surface area contributed by atoms with E-state index < -0.39 is 0 Å². The average Bonchev–Trinajstić information content (AvgIpc) is 2.84. The maximum Gasteiger partial charge on any atom is 0.180 e. The fraction of sp³-hybridized carbons (Fsp3) is 0.250. The van der Waals surface area contributed by atoms with Crippen molar-refractivity contribution in [1.29, 1.82) is 0 Å². The fourth-order valence-corrected chi connectivity index (χ4v) is 1.53. The molecule has 0 aliphatic carbocycles. The van der Waals surface area contributed by atoms with Gasteiger partial charge >= 0.3 is 0 Å². The van der Waals surface area contributed by atoms with Crippen molar-refractivity contribution in [3.05, 3.63) is 54.2 Å². The first kappa shape index (κ1) is 10.9. The highest BCUT2D eigenvalue weighted by Crippen LogP contribution is 2.12. The van der Waals surface area contributed by atoms with Crippen molar-refractivity contribution in [3.8, 4) is 0 Å². The van der Waals surface area contributed by atoms with Crippen LogP contribution >= 0.6 is 0 Å². The Morgan fingerprint density at radius 1 is 1.31 bits per heavy atom. The summed E-state index contributed by atoms with van der Waals surface area (Å²) in [6.07, 6.45) is 3.06. The zero-order chi connectivity index (χ0) is 11.2. The molecular formula is C12H14N2O2. The summed E-state index contributed by atoms with van der Waals surface area (Å²) in [6, 6.07) is 9.74. The van der Waals surface area contributed by atoms with E-state index >= 15 is 0 Å². The summed E-state index contributed by atoms with van der Waals surface area (Å²) in [5, 5.41) is 12.5. The summed E-state index contributed by atoms with van der Waals surface area (Å²) < 4.78 is 5.11. The SMILES string of the molecule is OC[C@@H](NCc1cnco1)c1ccccc1. The van der Waals surface area contributed by atoms with Gasteiger partial charge in [0, 0.05) is 0 Å². The number of aliphatic hydroxyl groups is 1. The van der Waals surface area contributed by atoms with E-state index in [9.17, 15) is 5.11 Å². The van der Waals surface area contributed by atoms with Crippen molar-refractivity contribution in [2.45, 2.75) is 12.6 Å². The highest BCUT2D eigenvalue weighted by molar-refractivity contribution is 5.18. The minimum Gasteiger partial charge on any atom is -0.447 e. The third-order valence-corrected chi connectivity index (χ3v) is 2.39. The number of benzene rings is 1. The lowest BCUT2D eigenvalue weighted by Crippen LogP contribution is -2.23. The maximum atomic E-state index is 9.30. The zero-order valence-corrected chi connectivity index (χ0v) is 8.84. The van der Waals surface area contributed by atoms with Crippen LogP contribution in [0.2, 0.25) is 0 Å². The van der Waals surface area contributed by atoms with Gasteiger partial charge in [-0.25, -0.2) is 4.98 Å². The third-order valence-electron chi connectivity index (χ3n) is 2.39. The molecule has 2 aromatic rings. The summed E-state index contributed by atoms with van der Waals surface area (Å²) in [4.78, 5) is 3.83. The van der Waals surface area contributed by atoms with Gasteiger partial charge in [0.25, 0.3) is 0 Å². The minimum absolute atomic E-state index is 0.0537. The number of aromatic nitrogens is 1. The number of oxazole rings is 1. The van der Waals surface area contributed by atoms with Gasteiger partial charge in [0.2, 0.25) is 0 Å². The number of rotatable bonds is 5. The quantitative estimate of drug-likeness (QED) is 0.798. The number of nitrogens with one attached hydrogen (secondary N) is 1. The molecule has 0 fully saturated rings. The Kier molecular flexibility index (Phi) is 3.69. The van der Waals surface area contributed by atoms with Gasteiger partial charge in [-0.3, -0.25) is 0 Å². The molecular weight excluding hydrogens is 204 g/mol. The van der Waals surface area contributed by atoms with Gasteiger partial charge in [0.15, 0.2) is 6.39 Å². The second-order valence-electron chi connectivity index (χ2n) is 3.49. The lowest BCUT2D eigenvalue weighted by molar-refractivity contribution is 0.241. The smallest absolute Gasteiger partial charge is 0.180 e. The van der Waals surface area contributed by atoms with E-state index in [1.165, 1.54) is 6.39 Å². The first-order chi connectivity index (χ1) is 7.90. The summed E-state index contributed by atoms with van der Waals surface area (Å²) in [6.45, 7) is 0.609. The molecule has 0 saturated carbocycles. The zero-order valence-electron chi connectivity index (χ0n) is 8.84. The van der Waals surface area contributed by atoms with E-state index in [1.807, 2.05) is 30.3 Å². The van der Waals surface area contributed by atoms with Crippen molar-refractivity contribution in [2.24, 2.45) is 0 Å². The highest BCUT2D eigenvalue weighted by Gasteiger charge is 2.09. The molecule has 2 N–H and O–H groups in total. The fourth-order valence-electron chi connectivity index (χ4n) is 1.53. The molecule has 0 aliphatic heterocycles. The van der Waals surface area contributed by atoms with Crippen molar-refractivity contribution < 1.29 is 9.52 Å². The monoisotopic (exact) mass is 218 g/mol. The number of aliphatic hydroxyl groups excluding tert-OH is 1. The number of hydrogen-bond donors (Lipinski definition) is 2. The molecule has 2 rings (SSSR count). The highest BCUT2D eigenvalue weighted by atomic mass is 16.3. The molecule has 0 spiro atoms. The molecule has 0 radical (unpaired) electrons. The van der Waals surface area contributed by atoms with Gasteiger partial charge in [-0.05, 0) is 5.56 Å². The van der Waals surface area contributed by atoms with E-state index in [2.05, 4.69) is 10.3 Å². The Bertz CT molecular complexity index is 400. The van der Waals surface area contributed by atoms with E-state index in [1.54, 1.807) is 6.20 Å². The lowest BCUT2D eigenvalue weighted by atomic mass is 10.1. The Morgan fingerprint density at radius 3 is 2.75 bits per heavy atom. The van der Waals surface area contributed by atoms with Crippen LogP contribution in [0.4, 0.5) is 0 Å². The Hall–Kier alpha value is -1.65. The molecule has 16 heavy (non-hydrogen) atoms. The molecule has 0 amide bonds. The summed E-state index contributed by atoms with van der Waals surface area (Å²) in [5.74, 6) is 0.759. The molecule has 1 aromatic carbocycles. The van der Waals surface area contributed by atoms with Crippen LogP contribution in [0.25, 0.3) is 0 Å². The van der Waals surface area contributed by atoms with Crippen molar-refractivity contribution in [2.75, 3.05) is 6.61 Å². The van der Waals surface area contributed by atoms with Crippen molar-refractivity contribution >= 4 is 0 Å². The number of hydrogen-bond acceptors (Lipinski definition) is 4. The topological polar surface area (TPSA) is 58.3 Å². The van der Waals surface area contributed by atoms with Crippen molar-refractivity contribution in [1.82, 2.24) is 10.3 Å². The van der Waals surface area contributed by atoms with E-state index in [4.69, 9.17) is 4.42 Å². The summed E-state index contributed by atoms with van der Waals surface area (Å²) >= 11 is 0. The molecule has 0 bridgehead atoms. The maximum absolute atomic E-state index is 9.30. The Balaban J connectivity index is 1.96. The largest absolute Gasteiger partial charge is 0.447 e. The molecule has 0 unspecified atom stereocenters. The normalized spacial score (nSPS) is 12.6. The molecule has 1 aromatic heterocycles. The molecule has 1 atom stereocenters. The van der Waals surface area contributed by atoms with Gasteiger partial charge < -0.3 is 14.8 Å². The van der Waals surface area contributed by atoms with Gasteiger partial charge in [0.05, 0.1) is 25.4 Å². The summed E-state index contributed by atoms with van der Waals surface area (Å²) in [7, 11) is 0. The van der Waals surface area contributed by atoms with Gasteiger partial charge in [-0.15, -0.1) is 0 Å². The Labute approximate surface area is 93.9 Å². The first-order valence-corrected chi connectivity index (χ1v) is 5.16. The van der Waals surface area contributed by atoms with Gasteiger partial charge in [0.1, 0.15) is 5.76 Å². The minimum atomic E-state index is -0.0775. The van der Waals surface area contributed by atoms with Gasteiger partial charge in [-0.2, -0.15) is 0 Å². The van der Waals surface area contributed by atoms with Crippen LogP contribution in [-0.4, -0.2) is 16.7 Å². The predicted octanol–water partition coefficient (Wildman–Crippen LogP) is 1.50. The molecule has 0 aliphatic rings. The van der Waals surface area contributed by atoms with Crippen molar-refractivity contribution in [3.63, 3.8) is 0 Å². The van der Waals surface area contributed by atoms with E-state index in [0.29, 0.717) is 6.54 Å². The first-order valence-electron chi connectivity index (χ1n) is 5.16. The number of nitrogens with zero attached hydrogens (tertiary/aromatic N) is 1. The molecule has 1 heterocycles. The lowest BCUT2D eigenvalue weighted by Gasteiger charge is -2.15. The molecule has 84 valence electrons. The molecule has 4 heteroatoms. The van der Waals surface area contributed by atoms with Crippen LogP contribution in [0.3, 0.4) is 0 Å². The second kappa shape index (κ2) is 5.44. The van der Waals surface area contributed by atoms with Crippen LogP contribution in [0.15, 0.2) is 47.3 Å². The van der Waals surface area contributed by atoms with E-state index in [0.717, 1.165) is 11.3 Å². The van der Waals surface area contributed by atoms with Crippen LogP contribution in [0.1, 0.15) is 17.4 Å². The average molecular weight is 218 g/mol. The van der Waals surface area contributed by atoms with Crippen LogP contribution in [0.5, 0.6) is 0 Å². The second-order valence-corrected chi connectivity index (χ2v) is 3.49. The van der Waals surface area contributed by atoms with Crippen LogP contribution in [-0.2, 0) is 6.54 Å². The van der Waals surface area contributed by atoms with E-state index in [-0.39, 0.29) is 12.6 Å². The Morgan fingerprint density at radius 2 is 2.12 bits per heavy atom. The standard InChI is InChI=1S/C12H14N2O2/c15-8-12(10-4-2-1-3-5-10)14-7-11-6-13-9-16-11/h1-6,9,12,14-15H,7-8H2/t12-/m1/s1. The van der Waals surface area contributed by atoms with Crippen LogP contribution < -0.4 is 5.32 Å². The molecule has 4 nitrogen and oxygen atoms in total. The van der Waals surface area contributed by atoms with Crippen LogP contribution in [0, 0.1) is 0 Å². The molecule has 0 saturated heterocycles. The summed E-state index contributed by atoms with van der Waals surface area (Å²) in [5.41, 5.74) is 1.06.